The highest BCUT2D eigenvalue weighted by atomic mass is 32.2. The third-order valence-electron chi connectivity index (χ3n) is 4.31. The summed E-state index contributed by atoms with van der Waals surface area (Å²) in [5.74, 6) is 1.27. The molecule has 0 amide bonds. The summed E-state index contributed by atoms with van der Waals surface area (Å²) in [4.78, 5) is 20.7. The van der Waals surface area contributed by atoms with Gasteiger partial charge in [-0.05, 0) is 31.2 Å². The summed E-state index contributed by atoms with van der Waals surface area (Å²) >= 11 is 1.47. The Balaban J connectivity index is 1.75. The Morgan fingerprint density at radius 1 is 1.14 bits per heavy atom. The quantitative estimate of drug-likeness (QED) is 0.427. The largest absolute Gasteiger partial charge is 0.416 e. The number of aromatic nitrogens is 2. The van der Waals surface area contributed by atoms with Crippen LogP contribution in [0.15, 0.2) is 53.6 Å². The van der Waals surface area contributed by atoms with Crippen molar-refractivity contribution in [2.45, 2.75) is 18.1 Å². The van der Waals surface area contributed by atoms with Gasteiger partial charge in [0.2, 0.25) is 0 Å². The summed E-state index contributed by atoms with van der Waals surface area (Å²) in [5, 5.41) is 6.80. The monoisotopic (exact) mass is 416 g/mol. The molecule has 0 fully saturated rings. The molecule has 0 saturated heterocycles. The Morgan fingerprint density at radius 3 is 2.69 bits per heavy atom. The number of halogens is 3. The molecule has 0 unspecified atom stereocenters. The summed E-state index contributed by atoms with van der Waals surface area (Å²) in [5.41, 5.74) is 1.34. The predicted octanol–water partition coefficient (Wildman–Crippen LogP) is 5.58. The predicted molar refractivity (Wildman–Crippen MR) is 107 cm³/mol. The number of benzene rings is 2. The standard InChI is InChI=1S/C20H15F3N4OS/c1-11(28)12-4-2-5-13(8-12)17-26-18(16-19(27-17)29-10-24-16)25-15-7-3-6-14(9-15)20(21,22)23/h2-9,24H,10H2,1H3,(H,25,26,27). The average Bonchev–Trinajstić information content (AvgIpc) is 3.16. The molecule has 4 rings (SSSR count). The van der Waals surface area contributed by atoms with Crippen molar-refractivity contribution in [3.05, 3.63) is 59.7 Å². The molecule has 3 aromatic rings. The minimum Gasteiger partial charge on any atom is -0.370 e. The van der Waals surface area contributed by atoms with Gasteiger partial charge in [-0.1, -0.05) is 36.0 Å². The van der Waals surface area contributed by atoms with E-state index in [1.165, 1.54) is 24.8 Å². The fourth-order valence-electron chi connectivity index (χ4n) is 2.89. The number of rotatable bonds is 4. The maximum absolute atomic E-state index is 13.0. The zero-order valence-corrected chi connectivity index (χ0v) is 16.0. The molecule has 0 radical (unpaired) electrons. The van der Waals surface area contributed by atoms with Crippen LogP contribution in [0.4, 0.5) is 30.4 Å². The fourth-order valence-corrected chi connectivity index (χ4v) is 3.70. The van der Waals surface area contributed by atoms with Crippen LogP contribution in [0.25, 0.3) is 11.4 Å². The van der Waals surface area contributed by atoms with Crippen LogP contribution in [0.1, 0.15) is 22.8 Å². The lowest BCUT2D eigenvalue weighted by molar-refractivity contribution is -0.137. The number of ketones is 1. The van der Waals surface area contributed by atoms with Gasteiger partial charge in [0.1, 0.15) is 10.7 Å². The molecule has 0 saturated carbocycles. The molecule has 0 spiro atoms. The fraction of sp³-hybridized carbons (Fsp3) is 0.150. The number of carbonyl (C=O) groups excluding carboxylic acids is 1. The van der Waals surface area contributed by atoms with Crippen molar-refractivity contribution in [2.75, 3.05) is 16.5 Å². The first-order valence-corrected chi connectivity index (χ1v) is 9.64. The smallest absolute Gasteiger partial charge is 0.370 e. The number of nitrogens with zero attached hydrogens (tertiary/aromatic N) is 2. The van der Waals surface area contributed by atoms with Gasteiger partial charge in [0.15, 0.2) is 17.4 Å². The number of hydrogen-bond donors (Lipinski definition) is 2. The van der Waals surface area contributed by atoms with Crippen molar-refractivity contribution >= 4 is 34.7 Å². The molecule has 0 aliphatic carbocycles. The van der Waals surface area contributed by atoms with Crippen LogP contribution in [-0.2, 0) is 6.18 Å². The molecule has 5 nitrogen and oxygen atoms in total. The van der Waals surface area contributed by atoms with Crippen molar-refractivity contribution in [2.24, 2.45) is 0 Å². The number of thioether (sulfide) groups is 1. The summed E-state index contributed by atoms with van der Waals surface area (Å²) in [6, 6.07) is 11.9. The van der Waals surface area contributed by atoms with Crippen molar-refractivity contribution in [3.8, 4) is 11.4 Å². The van der Waals surface area contributed by atoms with Crippen LogP contribution in [0, 0.1) is 0 Å². The van der Waals surface area contributed by atoms with Gasteiger partial charge >= 0.3 is 6.18 Å². The van der Waals surface area contributed by atoms with Gasteiger partial charge in [0.25, 0.3) is 0 Å². The summed E-state index contributed by atoms with van der Waals surface area (Å²) < 4.78 is 39.1. The lowest BCUT2D eigenvalue weighted by atomic mass is 10.1. The zero-order valence-electron chi connectivity index (χ0n) is 15.2. The molecule has 2 heterocycles. The maximum atomic E-state index is 13.0. The van der Waals surface area contributed by atoms with Gasteiger partial charge in [0, 0.05) is 16.8 Å². The SMILES string of the molecule is CC(=O)c1cccc(-c2nc(Nc3cccc(C(F)(F)F)c3)c3c(n2)SCN3)c1. The Labute approximate surface area is 168 Å². The molecule has 1 aromatic heterocycles. The average molecular weight is 416 g/mol. The first-order valence-electron chi connectivity index (χ1n) is 8.65. The summed E-state index contributed by atoms with van der Waals surface area (Å²) in [6.07, 6.45) is -4.43. The molecule has 29 heavy (non-hydrogen) atoms. The first-order chi connectivity index (χ1) is 13.8. The highest BCUT2D eigenvalue weighted by Crippen LogP contribution is 2.40. The van der Waals surface area contributed by atoms with Gasteiger partial charge in [0.05, 0.1) is 11.4 Å². The molecule has 0 atom stereocenters. The van der Waals surface area contributed by atoms with Crippen LogP contribution in [0.3, 0.4) is 0 Å². The Bertz CT molecular complexity index is 1100. The zero-order chi connectivity index (χ0) is 20.6. The van der Waals surface area contributed by atoms with Gasteiger partial charge in [-0.15, -0.1) is 0 Å². The van der Waals surface area contributed by atoms with E-state index in [4.69, 9.17) is 0 Å². The van der Waals surface area contributed by atoms with Crippen molar-refractivity contribution < 1.29 is 18.0 Å². The lowest BCUT2D eigenvalue weighted by Gasteiger charge is -2.14. The Hall–Kier alpha value is -3.07. The van der Waals surface area contributed by atoms with Crippen LogP contribution < -0.4 is 10.6 Å². The van der Waals surface area contributed by atoms with Crippen molar-refractivity contribution in [1.29, 1.82) is 0 Å². The first kappa shape index (κ1) is 19.3. The Morgan fingerprint density at radius 2 is 1.93 bits per heavy atom. The van der Waals surface area contributed by atoms with E-state index in [2.05, 4.69) is 20.6 Å². The molecular formula is C20H15F3N4OS. The van der Waals surface area contributed by atoms with E-state index in [1.54, 1.807) is 30.3 Å². The minimum atomic E-state index is -4.43. The van der Waals surface area contributed by atoms with Crippen molar-refractivity contribution in [1.82, 2.24) is 9.97 Å². The number of alkyl halides is 3. The number of Topliss-reactive ketones (excluding diaryl/α,β-unsaturated/α-hetero) is 1. The number of fused-ring (bicyclic) bond motifs is 1. The van der Waals surface area contributed by atoms with E-state index < -0.39 is 11.7 Å². The molecule has 148 valence electrons. The van der Waals surface area contributed by atoms with E-state index in [-0.39, 0.29) is 11.5 Å². The normalized spacial score (nSPS) is 13.0. The number of nitrogens with one attached hydrogen (secondary N) is 2. The third kappa shape index (κ3) is 4.04. The molecule has 1 aliphatic heterocycles. The van der Waals surface area contributed by atoms with E-state index in [0.717, 1.165) is 12.1 Å². The second kappa shape index (κ2) is 7.40. The lowest BCUT2D eigenvalue weighted by Crippen LogP contribution is -2.06. The van der Waals surface area contributed by atoms with Gasteiger partial charge in [-0.25, -0.2) is 9.97 Å². The second-order valence-electron chi connectivity index (χ2n) is 6.38. The number of hydrogen-bond acceptors (Lipinski definition) is 6. The van der Waals surface area contributed by atoms with E-state index in [1.807, 2.05) is 0 Å². The van der Waals surface area contributed by atoms with Crippen LogP contribution in [0.2, 0.25) is 0 Å². The second-order valence-corrected chi connectivity index (χ2v) is 7.35. The molecule has 2 aromatic carbocycles. The van der Waals surface area contributed by atoms with Gasteiger partial charge < -0.3 is 10.6 Å². The van der Waals surface area contributed by atoms with Crippen LogP contribution in [0.5, 0.6) is 0 Å². The minimum absolute atomic E-state index is 0.0774. The highest BCUT2D eigenvalue weighted by molar-refractivity contribution is 7.99. The molecule has 2 N–H and O–H groups in total. The number of anilines is 3. The third-order valence-corrected chi connectivity index (χ3v) is 5.17. The van der Waals surface area contributed by atoms with E-state index >= 15 is 0 Å². The molecular weight excluding hydrogens is 401 g/mol. The number of carbonyl (C=O) groups is 1. The highest BCUT2D eigenvalue weighted by Gasteiger charge is 2.30. The summed E-state index contributed by atoms with van der Waals surface area (Å²) in [6.45, 7) is 1.48. The molecule has 0 bridgehead atoms. The van der Waals surface area contributed by atoms with Gasteiger partial charge in [-0.3, -0.25) is 4.79 Å². The van der Waals surface area contributed by atoms with Crippen LogP contribution in [-0.4, -0.2) is 21.6 Å². The van der Waals surface area contributed by atoms with E-state index in [0.29, 0.717) is 39.4 Å². The maximum Gasteiger partial charge on any atom is 0.416 e. The Kier molecular flexibility index (Phi) is 4.91. The topological polar surface area (TPSA) is 66.9 Å². The van der Waals surface area contributed by atoms with E-state index in [9.17, 15) is 18.0 Å². The van der Waals surface area contributed by atoms with Crippen molar-refractivity contribution in [3.63, 3.8) is 0 Å². The van der Waals surface area contributed by atoms with Crippen LogP contribution >= 0.6 is 11.8 Å². The van der Waals surface area contributed by atoms with Gasteiger partial charge in [-0.2, -0.15) is 13.2 Å². The molecule has 1 aliphatic rings. The summed E-state index contributed by atoms with van der Waals surface area (Å²) in [7, 11) is 0. The molecule has 9 heteroatoms.